The van der Waals surface area contributed by atoms with Crippen LogP contribution in [0.4, 0.5) is 0 Å². The third-order valence-electron chi connectivity index (χ3n) is 3.17. The largest absolute Gasteiger partial charge is 0.467 e. The third kappa shape index (κ3) is 3.65. The smallest absolute Gasteiger partial charge is 0.251 e. The first-order valence-corrected chi connectivity index (χ1v) is 7.57. The summed E-state index contributed by atoms with van der Waals surface area (Å²) in [6.45, 7) is 1.05. The van der Waals surface area contributed by atoms with Gasteiger partial charge in [0.05, 0.1) is 30.0 Å². The first-order valence-electron chi connectivity index (χ1n) is 6.78. The number of benzene rings is 1. The van der Waals surface area contributed by atoms with E-state index in [1.54, 1.807) is 18.5 Å². The molecule has 112 valence electrons. The maximum atomic E-state index is 12.0. The van der Waals surface area contributed by atoms with Crippen LogP contribution in [0.3, 0.4) is 0 Å². The van der Waals surface area contributed by atoms with Gasteiger partial charge in [-0.1, -0.05) is 12.1 Å². The molecule has 22 heavy (non-hydrogen) atoms. The van der Waals surface area contributed by atoms with Crippen LogP contribution in [0, 0.1) is 0 Å². The van der Waals surface area contributed by atoms with Gasteiger partial charge in [-0.25, -0.2) is 0 Å². The molecule has 6 heteroatoms. The van der Waals surface area contributed by atoms with Crippen LogP contribution in [0.2, 0.25) is 0 Å². The Hall–Kier alpha value is -2.34. The predicted octanol–water partition coefficient (Wildman–Crippen LogP) is 3.22. The molecule has 0 radical (unpaired) electrons. The number of aromatic nitrogens is 2. The Bertz CT molecular complexity index is 748. The van der Waals surface area contributed by atoms with Gasteiger partial charge in [0, 0.05) is 11.8 Å². The van der Waals surface area contributed by atoms with Crippen molar-refractivity contribution < 1.29 is 9.21 Å². The first kappa shape index (κ1) is 14.6. The maximum Gasteiger partial charge on any atom is 0.251 e. The van der Waals surface area contributed by atoms with E-state index in [9.17, 15) is 4.79 Å². The second-order valence-corrected chi connectivity index (χ2v) is 5.73. The van der Waals surface area contributed by atoms with Crippen LogP contribution in [-0.2, 0) is 13.1 Å². The zero-order valence-corrected chi connectivity index (χ0v) is 13.3. The van der Waals surface area contributed by atoms with Gasteiger partial charge in [0.1, 0.15) is 5.76 Å². The third-order valence-corrected chi connectivity index (χ3v) is 3.58. The van der Waals surface area contributed by atoms with Crippen molar-refractivity contribution >= 4 is 21.8 Å². The van der Waals surface area contributed by atoms with Crippen molar-refractivity contribution in [1.29, 1.82) is 0 Å². The maximum absolute atomic E-state index is 12.0. The van der Waals surface area contributed by atoms with E-state index in [4.69, 9.17) is 4.42 Å². The minimum absolute atomic E-state index is 0.121. The van der Waals surface area contributed by atoms with Crippen molar-refractivity contribution in [3.05, 3.63) is 76.4 Å². The van der Waals surface area contributed by atoms with Crippen LogP contribution >= 0.6 is 15.9 Å². The molecule has 0 saturated carbocycles. The molecule has 0 atom stereocenters. The molecule has 3 aromatic rings. The SMILES string of the molecule is O=C(NCc1ccco1)c1ccc(Cn2cc(Br)cn2)cc1. The highest BCUT2D eigenvalue weighted by molar-refractivity contribution is 9.10. The summed E-state index contributed by atoms with van der Waals surface area (Å²) in [5, 5.41) is 7.02. The molecule has 0 spiro atoms. The molecule has 0 aliphatic carbocycles. The molecule has 0 saturated heterocycles. The van der Waals surface area contributed by atoms with E-state index in [2.05, 4.69) is 26.3 Å². The number of carbonyl (C=O) groups is 1. The van der Waals surface area contributed by atoms with Crippen molar-refractivity contribution in [2.24, 2.45) is 0 Å². The van der Waals surface area contributed by atoms with Gasteiger partial charge in [0.15, 0.2) is 0 Å². The normalized spacial score (nSPS) is 10.6. The zero-order valence-electron chi connectivity index (χ0n) is 11.7. The van der Waals surface area contributed by atoms with Crippen LogP contribution < -0.4 is 5.32 Å². The number of nitrogens with one attached hydrogen (secondary N) is 1. The molecule has 1 aromatic carbocycles. The van der Waals surface area contributed by atoms with Gasteiger partial charge in [0.2, 0.25) is 0 Å². The molecule has 5 nitrogen and oxygen atoms in total. The summed E-state index contributed by atoms with van der Waals surface area (Å²) in [6, 6.07) is 11.1. The van der Waals surface area contributed by atoms with Crippen LogP contribution in [0.15, 0.2) is 63.9 Å². The number of halogens is 1. The topological polar surface area (TPSA) is 60.1 Å². The van der Waals surface area contributed by atoms with E-state index in [0.29, 0.717) is 18.7 Å². The van der Waals surface area contributed by atoms with E-state index in [1.807, 2.05) is 41.2 Å². The van der Waals surface area contributed by atoms with Gasteiger partial charge in [-0.3, -0.25) is 9.48 Å². The summed E-state index contributed by atoms with van der Waals surface area (Å²) in [5.41, 5.74) is 1.70. The zero-order chi connectivity index (χ0) is 15.4. The van der Waals surface area contributed by atoms with Gasteiger partial charge < -0.3 is 9.73 Å². The number of furan rings is 1. The van der Waals surface area contributed by atoms with Gasteiger partial charge in [-0.15, -0.1) is 0 Å². The summed E-state index contributed by atoms with van der Waals surface area (Å²) in [7, 11) is 0. The van der Waals surface area contributed by atoms with Crippen LogP contribution in [0.25, 0.3) is 0 Å². The first-order chi connectivity index (χ1) is 10.7. The molecule has 2 aromatic heterocycles. The average molecular weight is 360 g/mol. The van der Waals surface area contributed by atoms with Crippen molar-refractivity contribution in [3.8, 4) is 0 Å². The second kappa shape index (κ2) is 6.62. The number of amides is 1. The molecule has 0 bridgehead atoms. The summed E-state index contributed by atoms with van der Waals surface area (Å²) >= 11 is 3.37. The quantitative estimate of drug-likeness (QED) is 0.760. The Morgan fingerprint density at radius 2 is 2.09 bits per heavy atom. The molecule has 1 amide bonds. The number of hydrogen-bond donors (Lipinski definition) is 1. The second-order valence-electron chi connectivity index (χ2n) is 4.82. The Kier molecular flexibility index (Phi) is 4.39. The molecule has 1 N–H and O–H groups in total. The van der Waals surface area contributed by atoms with E-state index in [-0.39, 0.29) is 5.91 Å². The lowest BCUT2D eigenvalue weighted by Gasteiger charge is -2.05. The highest BCUT2D eigenvalue weighted by atomic mass is 79.9. The fraction of sp³-hybridized carbons (Fsp3) is 0.125. The molecule has 0 fully saturated rings. The van der Waals surface area contributed by atoms with Crippen molar-refractivity contribution in [2.75, 3.05) is 0 Å². The summed E-state index contributed by atoms with van der Waals surface area (Å²) < 4.78 is 7.95. The molecule has 3 rings (SSSR count). The van der Waals surface area contributed by atoms with Crippen molar-refractivity contribution in [2.45, 2.75) is 13.1 Å². The van der Waals surface area contributed by atoms with E-state index in [1.165, 1.54) is 0 Å². The predicted molar refractivity (Wildman–Crippen MR) is 85.3 cm³/mol. The lowest BCUT2D eigenvalue weighted by molar-refractivity contribution is 0.0948. The lowest BCUT2D eigenvalue weighted by atomic mass is 10.1. The van der Waals surface area contributed by atoms with Gasteiger partial charge in [0.25, 0.3) is 5.91 Å². The van der Waals surface area contributed by atoms with Crippen LogP contribution in [-0.4, -0.2) is 15.7 Å². The number of rotatable bonds is 5. The Morgan fingerprint density at radius 1 is 1.27 bits per heavy atom. The summed E-state index contributed by atoms with van der Waals surface area (Å²) in [6.07, 6.45) is 5.24. The minimum Gasteiger partial charge on any atom is -0.467 e. The summed E-state index contributed by atoms with van der Waals surface area (Å²) in [4.78, 5) is 12.0. The van der Waals surface area contributed by atoms with Crippen molar-refractivity contribution in [1.82, 2.24) is 15.1 Å². The standard InChI is InChI=1S/C16H14BrN3O2/c17-14-8-19-20(11-14)10-12-3-5-13(6-4-12)16(21)18-9-15-2-1-7-22-15/h1-8,11H,9-10H2,(H,18,21). The number of nitrogens with zero attached hydrogens (tertiary/aromatic N) is 2. The molecular weight excluding hydrogens is 346 g/mol. The number of hydrogen-bond acceptors (Lipinski definition) is 3. The van der Waals surface area contributed by atoms with Gasteiger partial charge in [-0.2, -0.15) is 5.10 Å². The van der Waals surface area contributed by atoms with E-state index >= 15 is 0 Å². The lowest BCUT2D eigenvalue weighted by Crippen LogP contribution is -2.22. The van der Waals surface area contributed by atoms with E-state index in [0.717, 1.165) is 15.8 Å². The summed E-state index contributed by atoms with van der Waals surface area (Å²) in [5.74, 6) is 0.610. The van der Waals surface area contributed by atoms with Crippen LogP contribution in [0.1, 0.15) is 21.7 Å². The fourth-order valence-electron chi connectivity index (χ4n) is 2.06. The fourth-order valence-corrected chi connectivity index (χ4v) is 2.38. The Morgan fingerprint density at radius 3 is 2.73 bits per heavy atom. The van der Waals surface area contributed by atoms with Gasteiger partial charge >= 0.3 is 0 Å². The molecule has 2 heterocycles. The molecular formula is C16H14BrN3O2. The molecule has 0 aliphatic rings. The Balaban J connectivity index is 1.59. The average Bonchev–Trinajstić information content (AvgIpc) is 3.17. The Labute approximate surface area is 136 Å². The van der Waals surface area contributed by atoms with Crippen molar-refractivity contribution in [3.63, 3.8) is 0 Å². The molecule has 0 aliphatic heterocycles. The van der Waals surface area contributed by atoms with Gasteiger partial charge in [-0.05, 0) is 45.8 Å². The number of carbonyl (C=O) groups excluding carboxylic acids is 1. The highest BCUT2D eigenvalue weighted by Crippen LogP contribution is 2.10. The monoisotopic (exact) mass is 359 g/mol. The highest BCUT2D eigenvalue weighted by Gasteiger charge is 2.06. The van der Waals surface area contributed by atoms with Crippen LogP contribution in [0.5, 0.6) is 0 Å². The molecule has 0 unspecified atom stereocenters. The van der Waals surface area contributed by atoms with E-state index < -0.39 is 0 Å². The minimum atomic E-state index is -0.121.